The number of carbonyl (C=O) groups is 2. The molecule has 0 unspecified atom stereocenters. The number of Topliss-reactive ketones (excluding diaryl/α,β-unsaturated/α-hetero) is 1. The number of aromatic nitrogens is 1. The number of aryl methyl sites for hydroxylation is 1. The van der Waals surface area contributed by atoms with E-state index in [4.69, 9.17) is 9.47 Å². The van der Waals surface area contributed by atoms with Crippen LogP contribution in [0, 0.1) is 11.8 Å². The average Bonchev–Trinajstić information content (AvgIpc) is 2.99. The summed E-state index contributed by atoms with van der Waals surface area (Å²) in [6.07, 6.45) is 3.00. The number of rotatable bonds is 2. The zero-order chi connectivity index (χ0) is 20.9. The first kappa shape index (κ1) is 19.7. The smallest absolute Gasteiger partial charge is 0.310 e. The Morgan fingerprint density at radius 2 is 1.97 bits per heavy atom. The second-order valence-corrected chi connectivity index (χ2v) is 8.10. The number of ether oxygens (including phenoxy) is 2. The topological polar surface area (TPSA) is 60.8 Å². The molecule has 2 aromatic rings. The summed E-state index contributed by atoms with van der Waals surface area (Å²) >= 11 is 0. The van der Waals surface area contributed by atoms with Crippen molar-refractivity contribution in [3.8, 4) is 5.75 Å². The third kappa shape index (κ3) is 2.97. The normalized spacial score (nSPS) is 26.2. The van der Waals surface area contributed by atoms with Gasteiger partial charge in [-0.1, -0.05) is 11.6 Å². The van der Waals surface area contributed by atoms with Gasteiger partial charge in [-0.2, -0.15) is 0 Å². The molecule has 1 fully saturated rings. The summed E-state index contributed by atoms with van der Waals surface area (Å²) in [5.74, 6) is 0.137. The van der Waals surface area contributed by atoms with Crippen molar-refractivity contribution >= 4 is 22.7 Å². The largest absolute Gasteiger partial charge is 0.497 e. The zero-order valence-corrected chi connectivity index (χ0v) is 17.7. The molecule has 29 heavy (non-hydrogen) atoms. The summed E-state index contributed by atoms with van der Waals surface area (Å²) in [6, 6.07) is 5.90. The third-order valence-electron chi connectivity index (χ3n) is 6.76. The number of fused-ring (bicyclic) bond motifs is 5. The highest BCUT2D eigenvalue weighted by Crippen LogP contribution is 2.42. The zero-order valence-electron chi connectivity index (χ0n) is 17.7. The monoisotopic (exact) mass is 396 g/mol. The van der Waals surface area contributed by atoms with Crippen molar-refractivity contribution in [2.24, 2.45) is 18.9 Å². The molecule has 6 nitrogen and oxygen atoms in total. The van der Waals surface area contributed by atoms with E-state index < -0.39 is 0 Å². The van der Waals surface area contributed by atoms with Crippen molar-refractivity contribution in [1.82, 2.24) is 9.47 Å². The van der Waals surface area contributed by atoms with Gasteiger partial charge in [-0.25, -0.2) is 0 Å². The number of nitrogens with zero attached hydrogens (tertiary/aromatic N) is 2. The van der Waals surface area contributed by atoms with Crippen LogP contribution in [0.25, 0.3) is 10.9 Å². The van der Waals surface area contributed by atoms with Gasteiger partial charge in [-0.05, 0) is 38.1 Å². The number of benzene rings is 1. The molecule has 1 aliphatic heterocycles. The van der Waals surface area contributed by atoms with Crippen LogP contribution in [0.1, 0.15) is 29.4 Å². The van der Waals surface area contributed by atoms with Gasteiger partial charge in [0.1, 0.15) is 5.75 Å². The molecule has 1 aromatic heterocycles. The van der Waals surface area contributed by atoms with E-state index in [0.717, 1.165) is 40.0 Å². The molecule has 1 saturated heterocycles. The van der Waals surface area contributed by atoms with Gasteiger partial charge in [0.05, 0.1) is 31.3 Å². The molecule has 0 saturated carbocycles. The Hall–Kier alpha value is -2.60. The first-order chi connectivity index (χ1) is 13.9. The molecular weight excluding hydrogens is 368 g/mol. The van der Waals surface area contributed by atoms with Crippen LogP contribution in [0.3, 0.4) is 0 Å². The third-order valence-corrected chi connectivity index (χ3v) is 6.76. The van der Waals surface area contributed by atoms with Crippen LogP contribution < -0.4 is 4.74 Å². The number of allylic oxidation sites excluding steroid dienone is 1. The van der Waals surface area contributed by atoms with E-state index in [1.54, 1.807) is 7.11 Å². The fourth-order valence-electron chi connectivity index (χ4n) is 5.29. The van der Waals surface area contributed by atoms with Crippen molar-refractivity contribution in [3.63, 3.8) is 0 Å². The molecule has 0 radical (unpaired) electrons. The second-order valence-electron chi connectivity index (χ2n) is 8.10. The number of likely N-dealkylation sites (N-methyl/N-ethyl adjacent to an activating group) is 1. The minimum absolute atomic E-state index is 0.0179. The Bertz CT molecular complexity index is 1020. The summed E-state index contributed by atoms with van der Waals surface area (Å²) in [7, 11) is 7.07. The Kier molecular flexibility index (Phi) is 4.99. The highest BCUT2D eigenvalue weighted by molar-refractivity contribution is 6.04. The van der Waals surface area contributed by atoms with Crippen LogP contribution in [0.4, 0.5) is 0 Å². The Morgan fingerprint density at radius 3 is 2.62 bits per heavy atom. The van der Waals surface area contributed by atoms with Crippen molar-refractivity contribution in [1.29, 1.82) is 0 Å². The van der Waals surface area contributed by atoms with Gasteiger partial charge in [0, 0.05) is 43.4 Å². The minimum Gasteiger partial charge on any atom is -0.497 e. The molecule has 1 aromatic carbocycles. The fraction of sp³-hybridized carbons (Fsp3) is 0.478. The Morgan fingerprint density at radius 1 is 1.21 bits per heavy atom. The predicted octanol–water partition coefficient (Wildman–Crippen LogP) is 2.98. The number of piperidine rings is 1. The highest BCUT2D eigenvalue weighted by Gasteiger charge is 2.47. The number of likely N-dealkylation sites (tertiary alicyclic amines) is 1. The molecular formula is C23H28N2O4. The maximum Gasteiger partial charge on any atom is 0.310 e. The average molecular weight is 396 g/mol. The maximum atomic E-state index is 13.5. The number of methoxy groups -OCH3 is 2. The summed E-state index contributed by atoms with van der Waals surface area (Å²) in [6.45, 7) is 2.75. The molecule has 2 aliphatic rings. The van der Waals surface area contributed by atoms with E-state index in [9.17, 15) is 9.59 Å². The first-order valence-electron chi connectivity index (χ1n) is 10.0. The van der Waals surface area contributed by atoms with Gasteiger partial charge in [-0.15, -0.1) is 0 Å². The molecule has 0 N–H and O–H groups in total. The lowest BCUT2D eigenvalue weighted by atomic mass is 9.70. The molecule has 0 spiro atoms. The van der Waals surface area contributed by atoms with Crippen LogP contribution in [0.15, 0.2) is 29.8 Å². The molecule has 2 bridgehead atoms. The van der Waals surface area contributed by atoms with Crippen LogP contribution in [0.2, 0.25) is 0 Å². The van der Waals surface area contributed by atoms with Gasteiger partial charge < -0.3 is 14.0 Å². The predicted molar refractivity (Wildman–Crippen MR) is 111 cm³/mol. The van der Waals surface area contributed by atoms with Crippen molar-refractivity contribution in [2.45, 2.75) is 25.8 Å². The number of ketones is 1. The lowest BCUT2D eigenvalue weighted by molar-refractivity contribution is -0.150. The van der Waals surface area contributed by atoms with Crippen molar-refractivity contribution in [3.05, 3.63) is 41.1 Å². The molecule has 2 heterocycles. The Labute approximate surface area is 171 Å². The lowest BCUT2D eigenvalue weighted by Gasteiger charge is -2.45. The van der Waals surface area contributed by atoms with E-state index in [1.165, 1.54) is 7.11 Å². The maximum absolute atomic E-state index is 13.5. The van der Waals surface area contributed by atoms with Crippen LogP contribution in [0.5, 0.6) is 5.75 Å². The minimum atomic E-state index is -0.351. The van der Waals surface area contributed by atoms with Gasteiger partial charge in [0.2, 0.25) is 0 Å². The van der Waals surface area contributed by atoms with E-state index in [1.807, 2.05) is 36.7 Å². The Balaban J connectivity index is 1.94. The summed E-state index contributed by atoms with van der Waals surface area (Å²) in [4.78, 5) is 28.5. The summed E-state index contributed by atoms with van der Waals surface area (Å²) in [5.41, 5.74) is 3.87. The van der Waals surface area contributed by atoms with Crippen molar-refractivity contribution < 1.29 is 19.1 Å². The molecule has 1 aliphatic carbocycles. The standard InChI is InChI=1S/C23H28N2O4/c1-6-13-12-24(2)19-10-17-15-8-7-14(28-4)9-18(15)25(3)22(17)20(26)11-16(13)21(19)23(27)29-5/h6-9,16,19,21H,10-12H2,1-5H3/t16-,19-,21-/m0/s1. The lowest BCUT2D eigenvalue weighted by Crippen LogP contribution is -2.54. The van der Waals surface area contributed by atoms with Gasteiger partial charge in [0.15, 0.2) is 5.78 Å². The van der Waals surface area contributed by atoms with Crippen LogP contribution in [-0.4, -0.2) is 55.1 Å². The molecule has 4 rings (SSSR count). The van der Waals surface area contributed by atoms with E-state index in [2.05, 4.69) is 18.0 Å². The molecule has 3 atom stereocenters. The van der Waals surface area contributed by atoms with Gasteiger partial charge >= 0.3 is 5.97 Å². The number of hydrogen-bond acceptors (Lipinski definition) is 5. The summed E-state index contributed by atoms with van der Waals surface area (Å²) < 4.78 is 12.6. The SMILES string of the molecule is CC=C1CN(C)[C@H]2Cc3c(n(C)c4cc(OC)ccc34)C(=O)C[C@@H]1[C@@H]2C(=O)OC. The van der Waals surface area contributed by atoms with E-state index in [0.29, 0.717) is 12.8 Å². The highest BCUT2D eigenvalue weighted by atomic mass is 16.5. The van der Waals surface area contributed by atoms with E-state index in [-0.39, 0.29) is 29.6 Å². The number of carbonyl (C=O) groups excluding carboxylic acids is 2. The molecule has 6 heteroatoms. The molecule has 0 amide bonds. The second kappa shape index (κ2) is 7.34. The number of hydrogen-bond donors (Lipinski definition) is 0. The van der Waals surface area contributed by atoms with Crippen LogP contribution in [-0.2, 0) is 23.0 Å². The van der Waals surface area contributed by atoms with Crippen molar-refractivity contribution in [2.75, 3.05) is 27.8 Å². The van der Waals surface area contributed by atoms with Gasteiger partial charge in [0.25, 0.3) is 0 Å². The fourth-order valence-corrected chi connectivity index (χ4v) is 5.29. The quantitative estimate of drug-likeness (QED) is 0.577. The molecule has 154 valence electrons. The van der Waals surface area contributed by atoms with E-state index >= 15 is 0 Å². The first-order valence-corrected chi connectivity index (χ1v) is 10.0. The van der Waals surface area contributed by atoms with Crippen LogP contribution >= 0.6 is 0 Å². The summed E-state index contributed by atoms with van der Waals surface area (Å²) in [5, 5.41) is 1.05. The number of esters is 1. The van der Waals surface area contributed by atoms with Gasteiger partial charge in [-0.3, -0.25) is 14.5 Å².